The minimum atomic E-state index is -0.303. The van der Waals surface area contributed by atoms with Crippen molar-refractivity contribution in [3.63, 3.8) is 0 Å². The Labute approximate surface area is 272 Å². The van der Waals surface area contributed by atoms with E-state index in [1.165, 1.54) is 12.1 Å². The minimum absolute atomic E-state index is 0.00262. The average molecular weight is 636 g/mol. The first-order valence-electron chi connectivity index (χ1n) is 15.8. The zero-order chi connectivity index (χ0) is 34.0. The van der Waals surface area contributed by atoms with E-state index < -0.39 is 0 Å². The summed E-state index contributed by atoms with van der Waals surface area (Å²) in [7, 11) is 0. The Bertz CT molecular complexity index is 2050. The van der Waals surface area contributed by atoms with E-state index in [9.17, 15) is 23.6 Å². The number of aromatic amines is 1. The third-order valence-electron chi connectivity index (χ3n) is 9.11. The van der Waals surface area contributed by atoms with Gasteiger partial charge in [-0.05, 0) is 97.6 Å². The Kier molecular flexibility index (Phi) is 9.75. The summed E-state index contributed by atoms with van der Waals surface area (Å²) in [4.78, 5) is 61.0. The summed E-state index contributed by atoms with van der Waals surface area (Å²) in [5, 5.41) is 0. The van der Waals surface area contributed by atoms with Crippen LogP contribution >= 0.6 is 0 Å². The second-order valence-electron chi connectivity index (χ2n) is 12.2. The third kappa shape index (κ3) is 6.89. The van der Waals surface area contributed by atoms with Crippen LogP contribution in [0.4, 0.5) is 4.39 Å². The van der Waals surface area contributed by atoms with Gasteiger partial charge in [0.2, 0.25) is 0 Å². The SMILES string of the molecule is CC1=C(C)C(=O)C(CCCc2nc3ccc(F)cc3[nH]2)=C(C)C1=O.CC1=C(C)C(=O)C(CCCc2nc3ccccc3o2)=C(C)C1=O. The van der Waals surface area contributed by atoms with E-state index in [1.54, 1.807) is 47.6 Å². The van der Waals surface area contributed by atoms with Crippen molar-refractivity contribution in [1.82, 2.24) is 15.0 Å². The number of oxazole rings is 1. The van der Waals surface area contributed by atoms with E-state index in [0.29, 0.717) is 88.1 Å². The number of carbonyl (C=O) groups is 4. The Morgan fingerprint density at radius 1 is 0.617 bits per heavy atom. The van der Waals surface area contributed by atoms with Gasteiger partial charge in [-0.3, -0.25) is 19.2 Å². The van der Waals surface area contributed by atoms with Crippen molar-refractivity contribution in [3.8, 4) is 0 Å². The Morgan fingerprint density at radius 2 is 1.17 bits per heavy atom. The number of hydrogen-bond acceptors (Lipinski definition) is 7. The lowest BCUT2D eigenvalue weighted by molar-refractivity contribution is -0.116. The summed E-state index contributed by atoms with van der Waals surface area (Å²) in [5.74, 6) is 1.03. The van der Waals surface area contributed by atoms with Gasteiger partial charge in [-0.1, -0.05) is 12.1 Å². The molecule has 6 rings (SSSR count). The van der Waals surface area contributed by atoms with E-state index in [-0.39, 0.29) is 29.0 Å². The number of imidazole rings is 1. The van der Waals surface area contributed by atoms with Crippen LogP contribution in [0.2, 0.25) is 0 Å². The van der Waals surface area contributed by atoms with Crippen molar-refractivity contribution in [3.05, 3.63) is 105 Å². The summed E-state index contributed by atoms with van der Waals surface area (Å²) in [6.07, 6.45) is 3.81. The first kappa shape index (κ1) is 33.3. The van der Waals surface area contributed by atoms with Gasteiger partial charge in [-0.15, -0.1) is 0 Å². The number of ketones is 4. The second-order valence-corrected chi connectivity index (χ2v) is 12.2. The van der Waals surface area contributed by atoms with Gasteiger partial charge in [0, 0.05) is 57.4 Å². The van der Waals surface area contributed by atoms with Crippen molar-refractivity contribution < 1.29 is 28.0 Å². The molecule has 0 radical (unpaired) electrons. The molecule has 242 valence electrons. The van der Waals surface area contributed by atoms with Gasteiger partial charge in [-0.2, -0.15) is 0 Å². The maximum Gasteiger partial charge on any atom is 0.195 e. The van der Waals surface area contributed by atoms with Crippen LogP contribution in [0, 0.1) is 5.82 Å². The molecule has 4 aromatic rings. The number of hydrogen-bond donors (Lipinski definition) is 1. The number of para-hydroxylation sites is 2. The van der Waals surface area contributed by atoms with Crippen LogP contribution in [0.15, 0.2) is 91.5 Å². The highest BCUT2D eigenvalue weighted by Crippen LogP contribution is 2.29. The van der Waals surface area contributed by atoms with Crippen LogP contribution in [0.3, 0.4) is 0 Å². The summed E-state index contributed by atoms with van der Waals surface area (Å²) < 4.78 is 18.9. The Hall–Kier alpha value is -5.05. The number of allylic oxidation sites excluding steroid dienone is 8. The topological polar surface area (TPSA) is 123 Å². The molecule has 0 unspecified atom stereocenters. The van der Waals surface area contributed by atoms with Crippen LogP contribution in [-0.2, 0) is 32.0 Å². The molecule has 0 spiro atoms. The second kappa shape index (κ2) is 13.7. The van der Waals surface area contributed by atoms with Crippen molar-refractivity contribution in [2.24, 2.45) is 0 Å². The maximum absolute atomic E-state index is 13.2. The van der Waals surface area contributed by atoms with Crippen molar-refractivity contribution in [2.45, 2.75) is 80.1 Å². The number of H-pyrrole nitrogens is 1. The quantitative estimate of drug-likeness (QED) is 0.196. The molecule has 47 heavy (non-hydrogen) atoms. The van der Waals surface area contributed by atoms with Crippen LogP contribution in [0.5, 0.6) is 0 Å². The van der Waals surface area contributed by atoms with E-state index >= 15 is 0 Å². The molecule has 1 N–H and O–H groups in total. The number of nitrogens with zero attached hydrogens (tertiary/aromatic N) is 2. The molecule has 8 nitrogen and oxygen atoms in total. The molecule has 2 aromatic heterocycles. The highest BCUT2D eigenvalue weighted by Gasteiger charge is 2.28. The van der Waals surface area contributed by atoms with Gasteiger partial charge in [0.1, 0.15) is 17.2 Å². The number of halogens is 1. The summed E-state index contributed by atoms with van der Waals surface area (Å²) in [5.41, 5.74) is 7.59. The number of fused-ring (bicyclic) bond motifs is 2. The number of rotatable bonds is 8. The Balaban J connectivity index is 0.000000185. The van der Waals surface area contributed by atoms with E-state index in [0.717, 1.165) is 28.9 Å². The molecule has 9 heteroatoms. The van der Waals surface area contributed by atoms with Gasteiger partial charge in [0.15, 0.2) is 34.6 Å². The predicted octanol–water partition coefficient (Wildman–Crippen LogP) is 7.78. The lowest BCUT2D eigenvalue weighted by Gasteiger charge is -2.18. The highest BCUT2D eigenvalue weighted by molar-refractivity contribution is 6.25. The van der Waals surface area contributed by atoms with Crippen molar-refractivity contribution >= 4 is 45.3 Å². The Morgan fingerprint density at radius 3 is 1.77 bits per heavy atom. The molecule has 0 fully saturated rings. The van der Waals surface area contributed by atoms with Gasteiger partial charge in [-0.25, -0.2) is 14.4 Å². The number of carbonyl (C=O) groups excluding carboxylic acids is 4. The molecule has 2 aliphatic rings. The molecule has 2 aromatic carbocycles. The molecule has 0 atom stereocenters. The molecule has 0 aliphatic heterocycles. The van der Waals surface area contributed by atoms with Crippen LogP contribution in [0.1, 0.15) is 78.9 Å². The largest absolute Gasteiger partial charge is 0.441 e. The summed E-state index contributed by atoms with van der Waals surface area (Å²) in [6.45, 7) is 10.3. The fourth-order valence-corrected chi connectivity index (χ4v) is 5.94. The zero-order valence-electron chi connectivity index (χ0n) is 27.6. The molecule has 2 heterocycles. The van der Waals surface area contributed by atoms with Crippen LogP contribution in [0.25, 0.3) is 22.1 Å². The maximum atomic E-state index is 13.2. The molecule has 2 aliphatic carbocycles. The highest BCUT2D eigenvalue weighted by atomic mass is 19.1. The van der Waals surface area contributed by atoms with Crippen molar-refractivity contribution in [2.75, 3.05) is 0 Å². The molecule has 0 saturated heterocycles. The fourth-order valence-electron chi connectivity index (χ4n) is 5.94. The number of Topliss-reactive ketones (excluding diaryl/α,β-unsaturated/α-hetero) is 4. The monoisotopic (exact) mass is 635 g/mol. The number of benzene rings is 2. The minimum Gasteiger partial charge on any atom is -0.441 e. The van der Waals surface area contributed by atoms with Gasteiger partial charge < -0.3 is 9.40 Å². The van der Waals surface area contributed by atoms with E-state index in [1.807, 2.05) is 24.3 Å². The normalized spacial score (nSPS) is 15.9. The van der Waals surface area contributed by atoms with E-state index in [4.69, 9.17) is 4.42 Å². The summed E-state index contributed by atoms with van der Waals surface area (Å²) >= 11 is 0. The van der Waals surface area contributed by atoms with Gasteiger partial charge in [0.05, 0.1) is 11.0 Å². The molecular formula is C38H38FN3O5. The lowest BCUT2D eigenvalue weighted by atomic mass is 9.84. The zero-order valence-corrected chi connectivity index (χ0v) is 27.6. The molecule has 0 amide bonds. The number of nitrogens with one attached hydrogen (secondary N) is 1. The molecule has 0 bridgehead atoms. The number of aryl methyl sites for hydroxylation is 2. The fraction of sp³-hybridized carbons (Fsp3) is 0.316. The first-order chi connectivity index (χ1) is 22.4. The van der Waals surface area contributed by atoms with E-state index in [2.05, 4.69) is 15.0 Å². The first-order valence-corrected chi connectivity index (χ1v) is 15.8. The third-order valence-corrected chi connectivity index (χ3v) is 9.11. The van der Waals surface area contributed by atoms with Crippen molar-refractivity contribution in [1.29, 1.82) is 0 Å². The smallest absolute Gasteiger partial charge is 0.195 e. The average Bonchev–Trinajstić information content (AvgIpc) is 3.67. The standard InChI is InChI=1S/C19H19FN2O2.C19H19NO3/c1-10-11(2)19(24)14(12(3)18(10)23)5-4-6-17-21-15-8-7-13(20)9-16(15)22-17;1-11-12(2)19(22)14(13(3)18(11)21)7-6-10-17-20-15-8-4-5-9-16(15)23-17/h7-9H,4-6H2,1-3H3,(H,21,22);4-5,8-9H,6-7,10H2,1-3H3. The van der Waals surface area contributed by atoms with Crippen LogP contribution < -0.4 is 0 Å². The molecule has 0 saturated carbocycles. The summed E-state index contributed by atoms with van der Waals surface area (Å²) in [6, 6.07) is 12.1. The lowest BCUT2D eigenvalue weighted by Crippen LogP contribution is -2.20. The van der Waals surface area contributed by atoms with Gasteiger partial charge in [0.25, 0.3) is 0 Å². The van der Waals surface area contributed by atoms with Gasteiger partial charge >= 0.3 is 0 Å². The number of aromatic nitrogens is 3. The predicted molar refractivity (Wildman–Crippen MR) is 178 cm³/mol. The van der Waals surface area contributed by atoms with Crippen LogP contribution in [-0.4, -0.2) is 38.1 Å². The molecular weight excluding hydrogens is 597 g/mol.